The van der Waals surface area contributed by atoms with E-state index in [1.54, 1.807) is 21.3 Å². The predicted octanol–water partition coefficient (Wildman–Crippen LogP) is 4.08. The van der Waals surface area contributed by atoms with Crippen molar-refractivity contribution in [1.82, 2.24) is 4.90 Å². The summed E-state index contributed by atoms with van der Waals surface area (Å²) in [6.07, 6.45) is 2.43. The number of esters is 1. The molecule has 1 atom stereocenters. The first kappa shape index (κ1) is 19.9. The summed E-state index contributed by atoms with van der Waals surface area (Å²) in [6, 6.07) is 10.3. The monoisotopic (exact) mass is 421 g/mol. The second-order valence-electron chi connectivity index (χ2n) is 8.35. The van der Waals surface area contributed by atoms with Crippen molar-refractivity contribution in [2.24, 2.45) is 0 Å². The zero-order valence-electron chi connectivity index (χ0n) is 18.4. The van der Waals surface area contributed by atoms with E-state index in [1.807, 2.05) is 18.2 Å². The zero-order valence-corrected chi connectivity index (χ0v) is 18.4. The van der Waals surface area contributed by atoms with E-state index in [4.69, 9.17) is 18.9 Å². The lowest BCUT2D eigenvalue weighted by molar-refractivity contribution is -0.154. The van der Waals surface area contributed by atoms with Crippen LogP contribution >= 0.6 is 0 Å². The summed E-state index contributed by atoms with van der Waals surface area (Å²) in [6.45, 7) is 1.62. The average Bonchev–Trinajstić information content (AvgIpc) is 3.25. The van der Waals surface area contributed by atoms with E-state index >= 15 is 0 Å². The van der Waals surface area contributed by atoms with Crippen LogP contribution in [0.25, 0.3) is 21.5 Å². The van der Waals surface area contributed by atoms with E-state index in [2.05, 4.69) is 17.0 Å². The minimum Gasteiger partial charge on any atom is -0.497 e. The van der Waals surface area contributed by atoms with Crippen LogP contribution in [0.15, 0.2) is 30.3 Å². The summed E-state index contributed by atoms with van der Waals surface area (Å²) in [5, 5.41) is 4.44. The molecule has 6 heteroatoms. The van der Waals surface area contributed by atoms with Crippen molar-refractivity contribution in [2.75, 3.05) is 35.0 Å². The number of ether oxygens (including phenoxy) is 4. The fourth-order valence-electron chi connectivity index (χ4n) is 5.54. The van der Waals surface area contributed by atoms with Gasteiger partial charge in [-0.1, -0.05) is 6.07 Å². The van der Waals surface area contributed by atoms with E-state index in [0.717, 1.165) is 47.8 Å². The molecule has 6 nitrogen and oxygen atoms in total. The number of carbonyl (C=O) groups excluding carboxylic acids is 1. The molecule has 2 aliphatic rings. The fourth-order valence-corrected chi connectivity index (χ4v) is 5.54. The zero-order chi connectivity index (χ0) is 21.8. The molecule has 0 spiro atoms. The molecule has 162 valence electrons. The molecule has 2 heterocycles. The van der Waals surface area contributed by atoms with Gasteiger partial charge in [-0.3, -0.25) is 9.69 Å². The number of hydrogen-bond acceptors (Lipinski definition) is 6. The summed E-state index contributed by atoms with van der Waals surface area (Å²) in [5.74, 6) is 2.03. The molecule has 3 aromatic carbocycles. The highest BCUT2D eigenvalue weighted by molar-refractivity contribution is 6.12. The summed E-state index contributed by atoms with van der Waals surface area (Å²) in [5.41, 5.74) is 1.86. The van der Waals surface area contributed by atoms with Gasteiger partial charge in [-0.15, -0.1) is 0 Å². The van der Waals surface area contributed by atoms with Crippen molar-refractivity contribution in [3.8, 4) is 17.2 Å². The van der Waals surface area contributed by atoms with Crippen LogP contribution in [0.4, 0.5) is 0 Å². The van der Waals surface area contributed by atoms with Crippen molar-refractivity contribution in [2.45, 2.75) is 31.3 Å². The van der Waals surface area contributed by atoms with Gasteiger partial charge < -0.3 is 18.9 Å². The maximum Gasteiger partial charge on any atom is 0.326 e. The number of nitrogens with zero attached hydrogens (tertiary/aromatic N) is 1. The maximum absolute atomic E-state index is 13.0. The molecule has 0 N–H and O–H groups in total. The maximum atomic E-state index is 13.0. The Morgan fingerprint density at radius 2 is 1.58 bits per heavy atom. The van der Waals surface area contributed by atoms with Crippen molar-refractivity contribution < 1.29 is 23.7 Å². The summed E-state index contributed by atoms with van der Waals surface area (Å²) >= 11 is 0. The summed E-state index contributed by atoms with van der Waals surface area (Å²) < 4.78 is 22.0. The van der Waals surface area contributed by atoms with E-state index in [9.17, 15) is 4.79 Å². The van der Waals surface area contributed by atoms with Gasteiger partial charge in [0, 0.05) is 13.0 Å². The molecular formula is C25H27NO5. The van der Waals surface area contributed by atoms with Crippen LogP contribution in [0.1, 0.15) is 24.0 Å². The van der Waals surface area contributed by atoms with Crippen molar-refractivity contribution >= 4 is 27.5 Å². The molecule has 0 bridgehead atoms. The highest BCUT2D eigenvalue weighted by Crippen LogP contribution is 2.47. The molecular weight excluding hydrogens is 394 g/mol. The van der Waals surface area contributed by atoms with Crippen LogP contribution in [0.5, 0.6) is 17.2 Å². The third kappa shape index (κ3) is 2.78. The molecule has 0 saturated carbocycles. The van der Waals surface area contributed by atoms with Gasteiger partial charge in [-0.2, -0.15) is 0 Å². The Bertz CT molecular complexity index is 1200. The molecule has 1 fully saturated rings. The van der Waals surface area contributed by atoms with Gasteiger partial charge >= 0.3 is 5.97 Å². The normalized spacial score (nSPS) is 20.4. The largest absolute Gasteiger partial charge is 0.497 e. The molecule has 2 aliphatic heterocycles. The van der Waals surface area contributed by atoms with Crippen LogP contribution in [-0.4, -0.2) is 51.4 Å². The predicted molar refractivity (Wildman–Crippen MR) is 119 cm³/mol. The second-order valence-corrected chi connectivity index (χ2v) is 8.35. The van der Waals surface area contributed by atoms with Crippen molar-refractivity contribution in [3.05, 3.63) is 41.5 Å². The topological polar surface area (TPSA) is 57.2 Å². The number of benzene rings is 3. The molecule has 0 aromatic heterocycles. The third-order valence-corrected chi connectivity index (χ3v) is 7.06. The van der Waals surface area contributed by atoms with Crippen LogP contribution < -0.4 is 14.2 Å². The summed E-state index contributed by atoms with van der Waals surface area (Å²) in [7, 11) is 6.46. The molecule has 0 radical (unpaired) electrons. The van der Waals surface area contributed by atoms with Crippen LogP contribution in [-0.2, 0) is 22.5 Å². The first-order chi connectivity index (χ1) is 15.1. The summed E-state index contributed by atoms with van der Waals surface area (Å²) in [4.78, 5) is 15.3. The van der Waals surface area contributed by atoms with Crippen LogP contribution in [0, 0.1) is 0 Å². The Hall–Kier alpha value is -2.99. The second kappa shape index (κ2) is 7.31. The fraction of sp³-hybridized carbons (Fsp3) is 0.400. The number of methoxy groups -OCH3 is 4. The van der Waals surface area contributed by atoms with E-state index in [0.29, 0.717) is 17.9 Å². The van der Waals surface area contributed by atoms with Gasteiger partial charge in [0.05, 0.1) is 28.4 Å². The van der Waals surface area contributed by atoms with Gasteiger partial charge in [0.2, 0.25) is 0 Å². The van der Waals surface area contributed by atoms with Crippen molar-refractivity contribution in [3.63, 3.8) is 0 Å². The van der Waals surface area contributed by atoms with Gasteiger partial charge in [0.15, 0.2) is 11.5 Å². The van der Waals surface area contributed by atoms with Gasteiger partial charge in [-0.25, -0.2) is 0 Å². The average molecular weight is 421 g/mol. The molecule has 5 rings (SSSR count). The quantitative estimate of drug-likeness (QED) is 0.467. The minimum atomic E-state index is -0.595. The first-order valence-electron chi connectivity index (χ1n) is 10.6. The Balaban J connectivity index is 1.87. The number of hydrogen-bond donors (Lipinski definition) is 0. The van der Waals surface area contributed by atoms with E-state index in [-0.39, 0.29) is 5.97 Å². The Morgan fingerprint density at radius 1 is 0.871 bits per heavy atom. The Labute approximate surface area is 181 Å². The molecule has 1 saturated heterocycles. The molecule has 0 unspecified atom stereocenters. The van der Waals surface area contributed by atoms with Gasteiger partial charge in [0.25, 0.3) is 0 Å². The molecule has 31 heavy (non-hydrogen) atoms. The van der Waals surface area contributed by atoms with Crippen LogP contribution in [0.3, 0.4) is 0 Å². The minimum absolute atomic E-state index is 0.140. The Morgan fingerprint density at radius 3 is 2.26 bits per heavy atom. The smallest absolute Gasteiger partial charge is 0.326 e. The molecule has 0 aliphatic carbocycles. The lowest BCUT2D eigenvalue weighted by Gasteiger charge is -2.41. The third-order valence-electron chi connectivity index (χ3n) is 7.06. The lowest BCUT2D eigenvalue weighted by Crippen LogP contribution is -2.54. The number of rotatable bonds is 4. The molecule has 0 amide bonds. The van der Waals surface area contributed by atoms with E-state index < -0.39 is 5.54 Å². The van der Waals surface area contributed by atoms with Crippen molar-refractivity contribution in [1.29, 1.82) is 0 Å². The standard InChI is InChI=1S/C25H27NO5/c1-28-15-6-7-16-17(10-15)18-11-22(29-2)23(30-3)12-19(18)20-13-25(24(27)31-4)8-5-9-26(25)14-21(16)20/h6-7,10-12H,5,8-9,13-14H2,1-4H3/t25-/m0/s1. The Kier molecular flexibility index (Phi) is 4.70. The first-order valence-corrected chi connectivity index (χ1v) is 10.6. The van der Waals surface area contributed by atoms with Gasteiger partial charge in [-0.05, 0) is 76.3 Å². The van der Waals surface area contributed by atoms with Crippen LogP contribution in [0.2, 0.25) is 0 Å². The highest BCUT2D eigenvalue weighted by atomic mass is 16.5. The highest BCUT2D eigenvalue weighted by Gasteiger charge is 2.51. The lowest BCUT2D eigenvalue weighted by atomic mass is 9.78. The van der Waals surface area contributed by atoms with Gasteiger partial charge in [0.1, 0.15) is 11.3 Å². The number of carbonyl (C=O) groups is 1. The molecule has 3 aromatic rings. The SMILES string of the molecule is COC(=O)[C@@]12CCCN1Cc1c(c3cc(OC)c(OC)cc3c3cc(OC)ccc13)C2. The van der Waals surface area contributed by atoms with E-state index in [1.165, 1.54) is 23.6 Å². The number of fused-ring (bicyclic) bond motifs is 7.